The second kappa shape index (κ2) is 6.42. The van der Waals surface area contributed by atoms with Gasteiger partial charge in [-0.15, -0.1) is 5.10 Å². The summed E-state index contributed by atoms with van der Waals surface area (Å²) < 4.78 is 6.97. The lowest BCUT2D eigenvalue weighted by Gasteiger charge is -2.07. The van der Waals surface area contributed by atoms with Crippen LogP contribution in [-0.2, 0) is 0 Å². The van der Waals surface area contributed by atoms with Crippen molar-refractivity contribution in [1.82, 2.24) is 25.0 Å². The van der Waals surface area contributed by atoms with Gasteiger partial charge in [0, 0.05) is 16.6 Å². The lowest BCUT2D eigenvalue weighted by molar-refractivity contribution is 0.414. The van der Waals surface area contributed by atoms with Gasteiger partial charge in [-0.3, -0.25) is 0 Å². The summed E-state index contributed by atoms with van der Waals surface area (Å²) in [6, 6.07) is 21.8. The van der Waals surface area contributed by atoms with Crippen molar-refractivity contribution in [2.24, 2.45) is 0 Å². The van der Waals surface area contributed by atoms with Crippen LogP contribution in [0.25, 0.3) is 39.0 Å². The number of hydrogen-bond acceptors (Lipinski definition) is 5. The summed E-state index contributed by atoms with van der Waals surface area (Å²) in [5.74, 6) is 0.789. The van der Waals surface area contributed by atoms with Gasteiger partial charge in [-0.2, -0.15) is 4.68 Å². The molecule has 0 saturated carbocycles. The fourth-order valence-electron chi connectivity index (χ4n) is 3.35. The van der Waals surface area contributed by atoms with Gasteiger partial charge in [0.1, 0.15) is 11.3 Å². The molecule has 0 saturated heterocycles. The van der Waals surface area contributed by atoms with Gasteiger partial charge in [-0.25, -0.2) is 9.97 Å². The first-order valence-electron chi connectivity index (χ1n) is 8.97. The monoisotopic (exact) mass is 367 g/mol. The van der Waals surface area contributed by atoms with Crippen molar-refractivity contribution in [3.8, 4) is 22.7 Å². The molecule has 136 valence electrons. The lowest BCUT2D eigenvalue weighted by atomic mass is 10.1. The zero-order valence-electron chi connectivity index (χ0n) is 15.5. The topological polar surface area (TPSA) is 65.7 Å². The molecule has 0 atom stereocenters. The second-order valence-electron chi connectivity index (χ2n) is 6.53. The quantitative estimate of drug-likeness (QED) is 0.474. The van der Waals surface area contributed by atoms with Crippen molar-refractivity contribution >= 4 is 22.1 Å². The Hall–Kier alpha value is -3.80. The van der Waals surface area contributed by atoms with Crippen LogP contribution in [0.1, 0.15) is 5.69 Å². The van der Waals surface area contributed by atoms with Crippen LogP contribution >= 0.6 is 0 Å². The maximum absolute atomic E-state index is 5.24. The van der Waals surface area contributed by atoms with Crippen molar-refractivity contribution in [3.05, 3.63) is 72.4 Å². The number of aryl methyl sites for hydroxylation is 1. The van der Waals surface area contributed by atoms with E-state index in [0.717, 1.165) is 39.3 Å². The fourth-order valence-corrected chi connectivity index (χ4v) is 3.35. The number of fused-ring (bicyclic) bond motifs is 3. The molecule has 3 heterocycles. The maximum Gasteiger partial charge on any atom is 0.186 e. The van der Waals surface area contributed by atoms with Crippen LogP contribution in [0.2, 0.25) is 0 Å². The summed E-state index contributed by atoms with van der Waals surface area (Å²) in [6.45, 7) is 1.98. The lowest BCUT2D eigenvalue weighted by Crippen LogP contribution is -1.99. The molecule has 5 rings (SSSR count). The third-order valence-electron chi connectivity index (χ3n) is 4.82. The molecule has 0 aliphatic carbocycles. The minimum Gasteiger partial charge on any atom is -0.497 e. The second-order valence-corrected chi connectivity index (χ2v) is 6.53. The molecule has 0 radical (unpaired) electrons. The molecule has 0 unspecified atom stereocenters. The first-order chi connectivity index (χ1) is 13.7. The number of rotatable bonds is 3. The van der Waals surface area contributed by atoms with Gasteiger partial charge in [0.15, 0.2) is 11.2 Å². The van der Waals surface area contributed by atoms with Crippen LogP contribution in [0.3, 0.4) is 0 Å². The highest BCUT2D eigenvalue weighted by atomic mass is 16.5. The Morgan fingerprint density at radius 2 is 1.61 bits per heavy atom. The maximum atomic E-state index is 5.24. The Balaban J connectivity index is 1.73. The largest absolute Gasteiger partial charge is 0.497 e. The van der Waals surface area contributed by atoms with Crippen LogP contribution in [0.4, 0.5) is 0 Å². The van der Waals surface area contributed by atoms with Gasteiger partial charge in [0.05, 0.1) is 18.5 Å². The average molecular weight is 367 g/mol. The molecule has 0 aliphatic heterocycles. The number of pyridine rings is 2. The molecule has 0 spiro atoms. The minimum absolute atomic E-state index is 0.688. The summed E-state index contributed by atoms with van der Waals surface area (Å²) in [4.78, 5) is 9.64. The average Bonchev–Trinajstić information content (AvgIpc) is 3.18. The van der Waals surface area contributed by atoms with E-state index < -0.39 is 0 Å². The highest BCUT2D eigenvalue weighted by molar-refractivity contribution is 6.01. The standard InChI is InChI=1S/C22H17N5O/c1-14-18-12-13-19(15-6-4-3-5-7-15)24-20(18)21-22(23-14)27(26-25-21)16-8-10-17(28-2)11-9-16/h3-13H,1-2H3. The van der Waals surface area contributed by atoms with E-state index in [2.05, 4.69) is 16.4 Å². The highest BCUT2D eigenvalue weighted by Gasteiger charge is 2.15. The molecule has 2 aromatic carbocycles. The Morgan fingerprint density at radius 3 is 2.36 bits per heavy atom. The number of aromatic nitrogens is 5. The Labute approximate surface area is 161 Å². The molecule has 6 nitrogen and oxygen atoms in total. The van der Waals surface area contributed by atoms with E-state index in [4.69, 9.17) is 14.7 Å². The molecule has 6 heteroatoms. The number of ether oxygens (including phenoxy) is 1. The molecule has 28 heavy (non-hydrogen) atoms. The van der Waals surface area contributed by atoms with E-state index in [1.165, 1.54) is 0 Å². The number of hydrogen-bond donors (Lipinski definition) is 0. The minimum atomic E-state index is 0.688. The molecule has 0 bridgehead atoms. The van der Waals surface area contributed by atoms with Crippen molar-refractivity contribution in [2.45, 2.75) is 6.92 Å². The van der Waals surface area contributed by atoms with Gasteiger partial charge < -0.3 is 4.74 Å². The van der Waals surface area contributed by atoms with Crippen LogP contribution in [0.15, 0.2) is 66.7 Å². The van der Waals surface area contributed by atoms with E-state index in [0.29, 0.717) is 11.2 Å². The molecule has 0 fully saturated rings. The van der Waals surface area contributed by atoms with Crippen molar-refractivity contribution in [1.29, 1.82) is 0 Å². The van der Waals surface area contributed by atoms with Crippen molar-refractivity contribution < 1.29 is 4.74 Å². The molecule has 0 N–H and O–H groups in total. The molecule has 0 aliphatic rings. The summed E-state index contributed by atoms with van der Waals surface area (Å²) in [5.41, 5.74) is 5.92. The Kier molecular flexibility index (Phi) is 3.76. The van der Waals surface area contributed by atoms with Gasteiger partial charge in [-0.05, 0) is 43.3 Å². The third-order valence-corrected chi connectivity index (χ3v) is 4.82. The van der Waals surface area contributed by atoms with Crippen LogP contribution < -0.4 is 4.74 Å². The van der Waals surface area contributed by atoms with Crippen LogP contribution in [0.5, 0.6) is 5.75 Å². The zero-order chi connectivity index (χ0) is 19.1. The number of nitrogens with zero attached hydrogens (tertiary/aromatic N) is 5. The van der Waals surface area contributed by atoms with E-state index in [1.807, 2.05) is 67.6 Å². The Bertz CT molecular complexity index is 1290. The van der Waals surface area contributed by atoms with Gasteiger partial charge in [0.25, 0.3) is 0 Å². The molecular weight excluding hydrogens is 350 g/mol. The Morgan fingerprint density at radius 1 is 0.821 bits per heavy atom. The van der Waals surface area contributed by atoms with Gasteiger partial charge in [0.2, 0.25) is 0 Å². The first kappa shape index (κ1) is 16.4. The van der Waals surface area contributed by atoms with Crippen molar-refractivity contribution in [3.63, 3.8) is 0 Å². The van der Waals surface area contributed by atoms with Crippen molar-refractivity contribution in [2.75, 3.05) is 7.11 Å². The predicted octanol–water partition coefficient (Wildman–Crippen LogP) is 4.35. The van der Waals surface area contributed by atoms with E-state index in [9.17, 15) is 0 Å². The van der Waals surface area contributed by atoms with E-state index >= 15 is 0 Å². The van der Waals surface area contributed by atoms with Gasteiger partial charge in [-0.1, -0.05) is 35.5 Å². The predicted molar refractivity (Wildman–Crippen MR) is 109 cm³/mol. The van der Waals surface area contributed by atoms with Crippen LogP contribution in [-0.4, -0.2) is 32.1 Å². The molecule has 0 amide bonds. The first-order valence-corrected chi connectivity index (χ1v) is 8.97. The van der Waals surface area contributed by atoms with E-state index in [1.54, 1.807) is 11.8 Å². The van der Waals surface area contributed by atoms with Gasteiger partial charge >= 0.3 is 0 Å². The third kappa shape index (κ3) is 2.58. The summed E-state index contributed by atoms with van der Waals surface area (Å²) in [5, 5.41) is 9.72. The molecule has 3 aromatic heterocycles. The number of methoxy groups -OCH3 is 1. The van der Waals surface area contributed by atoms with Crippen LogP contribution in [0, 0.1) is 6.92 Å². The molecular formula is C22H17N5O. The summed E-state index contributed by atoms with van der Waals surface area (Å²) in [7, 11) is 1.65. The molecule has 5 aromatic rings. The normalized spacial score (nSPS) is 11.2. The fraction of sp³-hybridized carbons (Fsp3) is 0.0909. The zero-order valence-corrected chi connectivity index (χ0v) is 15.5. The smallest absolute Gasteiger partial charge is 0.186 e. The summed E-state index contributed by atoms with van der Waals surface area (Å²) >= 11 is 0. The number of benzene rings is 2. The highest BCUT2D eigenvalue weighted by Crippen LogP contribution is 2.28. The van der Waals surface area contributed by atoms with E-state index in [-0.39, 0.29) is 0 Å². The SMILES string of the molecule is COc1ccc(-n2nnc3c4nc(-c5ccccc5)ccc4c(C)nc32)cc1. The summed E-state index contributed by atoms with van der Waals surface area (Å²) in [6.07, 6.45) is 0.